The topological polar surface area (TPSA) is 44.1 Å². The average Bonchev–Trinajstić information content (AvgIpc) is 2.66. The van der Waals surface area contributed by atoms with Gasteiger partial charge < -0.3 is 4.74 Å². The molecule has 0 saturated carbocycles. The Balaban J connectivity index is 1.54. The summed E-state index contributed by atoms with van der Waals surface area (Å²) < 4.78 is 7.35. The van der Waals surface area contributed by atoms with E-state index in [0.717, 1.165) is 10.8 Å². The Bertz CT molecular complexity index is 1120. The van der Waals surface area contributed by atoms with E-state index < -0.39 is 0 Å². The number of aromatic nitrogens is 2. The number of ether oxygens (including phenoxy) is 1. The third-order valence-electron chi connectivity index (χ3n) is 4.15. The van der Waals surface area contributed by atoms with Gasteiger partial charge in [0.2, 0.25) is 0 Å². The lowest BCUT2D eigenvalue weighted by molar-refractivity contribution is 0.296. The van der Waals surface area contributed by atoms with E-state index in [2.05, 4.69) is 4.98 Å². The highest BCUT2D eigenvalue weighted by Gasteiger charge is 2.07. The van der Waals surface area contributed by atoms with Gasteiger partial charge in [-0.15, -0.1) is 0 Å². The van der Waals surface area contributed by atoms with Crippen LogP contribution in [0, 0.1) is 0 Å². The van der Waals surface area contributed by atoms with Crippen LogP contribution in [0.1, 0.15) is 0 Å². The predicted molar refractivity (Wildman–Crippen MR) is 100 cm³/mol. The first-order chi connectivity index (χ1) is 12.2. The van der Waals surface area contributed by atoms with Gasteiger partial charge in [-0.2, -0.15) is 0 Å². The highest BCUT2D eigenvalue weighted by atomic mass is 35.5. The van der Waals surface area contributed by atoms with Crippen molar-refractivity contribution < 1.29 is 4.74 Å². The summed E-state index contributed by atoms with van der Waals surface area (Å²) in [6.07, 6.45) is 1.55. The summed E-state index contributed by atoms with van der Waals surface area (Å²) in [6, 6.07) is 19.0. The zero-order valence-electron chi connectivity index (χ0n) is 13.4. The van der Waals surface area contributed by atoms with Crippen molar-refractivity contribution in [3.63, 3.8) is 0 Å². The highest BCUT2D eigenvalue weighted by Crippen LogP contribution is 2.32. The lowest BCUT2D eigenvalue weighted by atomic mass is 10.1. The molecule has 0 atom stereocenters. The van der Waals surface area contributed by atoms with E-state index in [9.17, 15) is 4.79 Å². The van der Waals surface area contributed by atoms with Crippen LogP contribution in [0.15, 0.2) is 71.8 Å². The van der Waals surface area contributed by atoms with Crippen LogP contribution < -0.4 is 10.3 Å². The lowest BCUT2D eigenvalue weighted by Gasteiger charge is -2.11. The third kappa shape index (κ3) is 2.96. The molecule has 0 spiro atoms. The molecule has 5 heteroatoms. The minimum absolute atomic E-state index is 0.0705. The number of nitrogens with zero attached hydrogens (tertiary/aromatic N) is 2. The second kappa shape index (κ2) is 6.57. The second-order valence-electron chi connectivity index (χ2n) is 5.71. The molecule has 4 aromatic rings. The van der Waals surface area contributed by atoms with Crippen molar-refractivity contribution in [2.24, 2.45) is 0 Å². The van der Waals surface area contributed by atoms with Gasteiger partial charge in [-0.05, 0) is 23.6 Å². The van der Waals surface area contributed by atoms with E-state index in [4.69, 9.17) is 16.3 Å². The van der Waals surface area contributed by atoms with Crippen LogP contribution in [0.4, 0.5) is 0 Å². The van der Waals surface area contributed by atoms with Crippen LogP contribution in [0.5, 0.6) is 5.75 Å². The molecular weight excluding hydrogens is 336 g/mol. The summed E-state index contributed by atoms with van der Waals surface area (Å²) in [5.41, 5.74) is 0.626. The standard InChI is InChI=1S/C20H15ClN2O2/c21-19-15-6-2-1-5-14(15)9-10-18(19)25-12-11-23-13-22-17-8-4-3-7-16(17)20(23)24/h1-10,13H,11-12H2. The zero-order valence-corrected chi connectivity index (χ0v) is 14.1. The van der Waals surface area contributed by atoms with Crippen LogP contribution in [0.2, 0.25) is 5.02 Å². The van der Waals surface area contributed by atoms with Crippen molar-refractivity contribution in [3.05, 3.63) is 82.4 Å². The molecule has 4 rings (SSSR count). The Morgan fingerprint density at radius 1 is 0.960 bits per heavy atom. The summed E-state index contributed by atoms with van der Waals surface area (Å²) >= 11 is 6.43. The van der Waals surface area contributed by atoms with Crippen molar-refractivity contribution in [1.82, 2.24) is 9.55 Å². The minimum Gasteiger partial charge on any atom is -0.490 e. The number of fused-ring (bicyclic) bond motifs is 2. The molecule has 124 valence electrons. The van der Waals surface area contributed by atoms with Gasteiger partial charge >= 0.3 is 0 Å². The Hall–Kier alpha value is -2.85. The van der Waals surface area contributed by atoms with Crippen molar-refractivity contribution >= 4 is 33.3 Å². The van der Waals surface area contributed by atoms with E-state index in [1.807, 2.05) is 54.6 Å². The molecule has 0 aliphatic heterocycles. The van der Waals surface area contributed by atoms with Gasteiger partial charge in [-0.3, -0.25) is 9.36 Å². The number of benzene rings is 3. The maximum atomic E-state index is 12.5. The fourth-order valence-corrected chi connectivity index (χ4v) is 3.13. The normalized spacial score (nSPS) is 11.1. The SMILES string of the molecule is O=c1c2ccccc2ncn1CCOc1ccc2ccccc2c1Cl. The van der Waals surface area contributed by atoms with E-state index in [1.165, 1.54) is 0 Å². The highest BCUT2D eigenvalue weighted by molar-refractivity contribution is 6.37. The largest absolute Gasteiger partial charge is 0.490 e. The molecule has 0 amide bonds. The second-order valence-corrected chi connectivity index (χ2v) is 6.09. The van der Waals surface area contributed by atoms with E-state index in [1.54, 1.807) is 17.0 Å². The molecule has 0 radical (unpaired) electrons. The van der Waals surface area contributed by atoms with Crippen LogP contribution in [0.25, 0.3) is 21.7 Å². The molecular formula is C20H15ClN2O2. The van der Waals surface area contributed by atoms with Crippen LogP contribution >= 0.6 is 11.6 Å². The maximum absolute atomic E-state index is 12.5. The zero-order chi connectivity index (χ0) is 17.2. The van der Waals surface area contributed by atoms with Crippen molar-refractivity contribution in [2.75, 3.05) is 6.61 Å². The number of hydrogen-bond acceptors (Lipinski definition) is 3. The van der Waals surface area contributed by atoms with Gasteiger partial charge in [-0.25, -0.2) is 4.98 Å². The molecule has 0 unspecified atom stereocenters. The summed E-state index contributed by atoms with van der Waals surface area (Å²) in [4.78, 5) is 16.8. The fourth-order valence-electron chi connectivity index (χ4n) is 2.84. The van der Waals surface area contributed by atoms with Gasteiger partial charge in [0.15, 0.2) is 0 Å². The number of rotatable bonds is 4. The van der Waals surface area contributed by atoms with Gasteiger partial charge in [0.05, 0.1) is 28.8 Å². The number of halogens is 1. The Labute approximate surface area is 149 Å². The van der Waals surface area contributed by atoms with Crippen LogP contribution in [0.3, 0.4) is 0 Å². The Morgan fingerprint density at radius 2 is 1.72 bits per heavy atom. The monoisotopic (exact) mass is 350 g/mol. The van der Waals surface area contributed by atoms with E-state index in [0.29, 0.717) is 34.8 Å². The smallest absolute Gasteiger partial charge is 0.261 e. The molecule has 3 aromatic carbocycles. The number of para-hydroxylation sites is 1. The molecule has 0 N–H and O–H groups in total. The summed E-state index contributed by atoms with van der Waals surface area (Å²) in [6.45, 7) is 0.734. The quantitative estimate of drug-likeness (QED) is 0.551. The summed E-state index contributed by atoms with van der Waals surface area (Å²) in [7, 11) is 0. The molecule has 25 heavy (non-hydrogen) atoms. The summed E-state index contributed by atoms with van der Waals surface area (Å²) in [5.74, 6) is 0.613. The third-order valence-corrected chi connectivity index (χ3v) is 4.54. The fraction of sp³-hybridized carbons (Fsp3) is 0.100. The van der Waals surface area contributed by atoms with E-state index in [-0.39, 0.29) is 5.56 Å². The van der Waals surface area contributed by atoms with Crippen molar-refractivity contribution in [2.45, 2.75) is 6.54 Å². The van der Waals surface area contributed by atoms with Crippen LogP contribution in [-0.4, -0.2) is 16.2 Å². The van der Waals surface area contributed by atoms with Gasteiger partial charge in [0.1, 0.15) is 12.4 Å². The summed E-state index contributed by atoms with van der Waals surface area (Å²) in [5, 5.41) is 3.21. The van der Waals surface area contributed by atoms with E-state index >= 15 is 0 Å². The first-order valence-corrected chi connectivity index (χ1v) is 8.36. The molecule has 0 fully saturated rings. The van der Waals surface area contributed by atoms with Gasteiger partial charge in [0.25, 0.3) is 5.56 Å². The predicted octanol–water partition coefficient (Wildman–Crippen LogP) is 4.28. The first kappa shape index (κ1) is 15.7. The lowest BCUT2D eigenvalue weighted by Crippen LogP contribution is -2.23. The Kier molecular flexibility index (Phi) is 4.12. The molecule has 0 saturated heterocycles. The maximum Gasteiger partial charge on any atom is 0.261 e. The molecule has 1 heterocycles. The number of hydrogen-bond donors (Lipinski definition) is 0. The van der Waals surface area contributed by atoms with Gasteiger partial charge in [-0.1, -0.05) is 54.1 Å². The van der Waals surface area contributed by atoms with Crippen molar-refractivity contribution in [1.29, 1.82) is 0 Å². The average molecular weight is 351 g/mol. The molecule has 0 bridgehead atoms. The van der Waals surface area contributed by atoms with Crippen molar-refractivity contribution in [3.8, 4) is 5.75 Å². The molecule has 4 nitrogen and oxygen atoms in total. The molecule has 1 aromatic heterocycles. The Morgan fingerprint density at radius 3 is 2.60 bits per heavy atom. The van der Waals surface area contributed by atoms with Crippen LogP contribution in [-0.2, 0) is 6.54 Å². The first-order valence-electron chi connectivity index (χ1n) is 7.98. The molecule has 0 aliphatic carbocycles. The van der Waals surface area contributed by atoms with Gasteiger partial charge in [0, 0.05) is 5.39 Å². The minimum atomic E-state index is -0.0705. The molecule has 0 aliphatic rings.